The predicted molar refractivity (Wildman–Crippen MR) is 146 cm³/mol. The first kappa shape index (κ1) is 27.8. The molecule has 1 aromatic carbocycles. The number of hydroxylamine groups is 1. The summed E-state index contributed by atoms with van der Waals surface area (Å²) in [5.74, 6) is 0.0727. The molecule has 0 saturated heterocycles. The Morgan fingerprint density at radius 2 is 2.00 bits per heavy atom. The van der Waals surface area contributed by atoms with E-state index in [0.717, 1.165) is 31.6 Å². The van der Waals surface area contributed by atoms with Crippen LogP contribution < -0.4 is 11.2 Å². The molecule has 8 nitrogen and oxygen atoms in total. The maximum absolute atomic E-state index is 13.2. The fourth-order valence-corrected chi connectivity index (χ4v) is 5.40. The van der Waals surface area contributed by atoms with Crippen molar-refractivity contribution in [1.29, 1.82) is 0 Å². The zero-order valence-electron chi connectivity index (χ0n) is 22.9. The molecule has 2 aromatic rings. The molecule has 0 saturated carbocycles. The second kappa shape index (κ2) is 12.0. The highest BCUT2D eigenvalue weighted by Gasteiger charge is 2.44. The number of nitrogens with one attached hydrogen (secondary N) is 1. The van der Waals surface area contributed by atoms with E-state index in [1.807, 2.05) is 39.5 Å². The summed E-state index contributed by atoms with van der Waals surface area (Å²) >= 11 is 0. The molecule has 36 heavy (non-hydrogen) atoms. The molecule has 4 rings (SSSR count). The highest BCUT2D eigenvalue weighted by atomic mass is 17.3. The number of fused-ring (bicyclic) bond motifs is 2. The van der Waals surface area contributed by atoms with Gasteiger partial charge in [0.25, 0.3) is 0 Å². The summed E-state index contributed by atoms with van der Waals surface area (Å²) in [4.78, 5) is 27.2. The zero-order chi connectivity index (χ0) is 26.5. The van der Waals surface area contributed by atoms with Crippen LogP contribution in [0.5, 0.6) is 0 Å². The van der Waals surface area contributed by atoms with Crippen molar-refractivity contribution in [3.63, 3.8) is 0 Å². The summed E-state index contributed by atoms with van der Waals surface area (Å²) in [6.45, 7) is 15.4. The van der Waals surface area contributed by atoms with Crippen LogP contribution in [0.3, 0.4) is 0 Å². The minimum absolute atomic E-state index is 0.137. The number of nitrogens with zero attached hydrogens (tertiary/aromatic N) is 3. The summed E-state index contributed by atoms with van der Waals surface area (Å²) < 4.78 is 2.18. The normalized spacial score (nSPS) is 21.4. The number of likely N-dealkylation sites (N-methyl/N-ethyl adjacent to an activating group) is 1. The van der Waals surface area contributed by atoms with E-state index in [1.54, 1.807) is 6.20 Å². The molecule has 1 aliphatic carbocycles. The molecular formula is C28H43N5O3. The molecule has 0 bridgehead atoms. The number of benzene rings is 1. The van der Waals surface area contributed by atoms with Crippen molar-refractivity contribution in [2.45, 2.75) is 60.0 Å². The van der Waals surface area contributed by atoms with E-state index in [1.165, 1.54) is 22.1 Å². The van der Waals surface area contributed by atoms with Gasteiger partial charge in [-0.2, -0.15) is 0 Å². The smallest absolute Gasteiger partial charge is 0.230 e. The molecule has 3 N–H and O–H groups in total. The Bertz CT molecular complexity index is 1120. The predicted octanol–water partition coefficient (Wildman–Crippen LogP) is 4.07. The summed E-state index contributed by atoms with van der Waals surface area (Å²) in [7, 11) is 2.14. The second-order valence-electron chi connectivity index (χ2n) is 9.34. The van der Waals surface area contributed by atoms with E-state index in [0.29, 0.717) is 18.8 Å². The lowest BCUT2D eigenvalue weighted by atomic mass is 9.71. The number of amides is 1. The SMILES string of the molecule is CC.CCOON/C=C(\N)Cn1cc2c3c(cccc31)C1=C[C@@H](C(=O)N(CC)CC)CN(C)[C@]1(C)C2. The average Bonchev–Trinajstić information content (AvgIpc) is 3.22. The van der Waals surface area contributed by atoms with Crippen LogP contribution in [0.2, 0.25) is 0 Å². The Morgan fingerprint density at radius 3 is 2.67 bits per heavy atom. The second-order valence-corrected chi connectivity index (χ2v) is 9.34. The largest absolute Gasteiger partial charge is 0.399 e. The molecule has 8 heteroatoms. The van der Waals surface area contributed by atoms with Crippen LogP contribution in [0.1, 0.15) is 52.7 Å². The van der Waals surface area contributed by atoms with Gasteiger partial charge in [0.05, 0.1) is 19.1 Å². The van der Waals surface area contributed by atoms with E-state index in [4.69, 9.17) is 15.6 Å². The van der Waals surface area contributed by atoms with Gasteiger partial charge in [-0.3, -0.25) is 9.69 Å². The third-order valence-electron chi connectivity index (χ3n) is 7.29. The fraction of sp³-hybridized carbons (Fsp3) is 0.536. The number of nitrogens with two attached hydrogens (primary N) is 1. The minimum atomic E-state index is -0.165. The average molecular weight is 498 g/mol. The Hall–Kier alpha value is -2.81. The van der Waals surface area contributed by atoms with E-state index in [9.17, 15) is 4.79 Å². The summed E-state index contributed by atoms with van der Waals surface area (Å²) in [6.07, 6.45) is 6.93. The van der Waals surface area contributed by atoms with Gasteiger partial charge >= 0.3 is 0 Å². The Kier molecular flexibility index (Phi) is 9.22. The van der Waals surface area contributed by atoms with Crippen LogP contribution in [0.25, 0.3) is 16.5 Å². The van der Waals surface area contributed by atoms with Gasteiger partial charge in [-0.05, 0) is 63.9 Å². The van der Waals surface area contributed by atoms with Crippen LogP contribution >= 0.6 is 0 Å². The maximum atomic E-state index is 13.2. The quantitative estimate of drug-likeness (QED) is 0.309. The van der Waals surface area contributed by atoms with Gasteiger partial charge in [-0.15, -0.1) is 4.99 Å². The molecule has 2 heterocycles. The topological polar surface area (TPSA) is 85.0 Å². The molecule has 1 aliphatic heterocycles. The van der Waals surface area contributed by atoms with E-state index < -0.39 is 0 Å². The maximum Gasteiger partial charge on any atom is 0.230 e. The van der Waals surface area contributed by atoms with Crippen LogP contribution in [0.15, 0.2) is 42.4 Å². The van der Waals surface area contributed by atoms with Crippen LogP contribution in [0.4, 0.5) is 0 Å². The van der Waals surface area contributed by atoms with Gasteiger partial charge in [0, 0.05) is 54.2 Å². The first-order valence-electron chi connectivity index (χ1n) is 13.2. The molecule has 0 spiro atoms. The molecule has 0 radical (unpaired) electrons. The fourth-order valence-electron chi connectivity index (χ4n) is 5.40. The van der Waals surface area contributed by atoms with Gasteiger partial charge in [0.2, 0.25) is 5.91 Å². The standard InChI is InChI=1S/C26H37N5O3.C2H6/c1-6-30(7-2)25(32)18-12-22-21-10-9-11-23-24(21)19(13-26(22,4)29(5)15-18)16-31(23)17-20(27)14-28-34-33-8-3;1-2/h9-12,14,16,18,28H,6-8,13,15,17,27H2,1-5H3;1-2H3/b20-14-;/t18-,26-;/m1./s1. The van der Waals surface area contributed by atoms with Crippen LogP contribution in [-0.4, -0.2) is 59.1 Å². The van der Waals surface area contributed by atoms with Crippen molar-refractivity contribution < 1.29 is 14.7 Å². The zero-order valence-corrected chi connectivity index (χ0v) is 22.9. The lowest BCUT2D eigenvalue weighted by Gasteiger charge is -2.48. The van der Waals surface area contributed by atoms with Crippen molar-refractivity contribution in [1.82, 2.24) is 19.8 Å². The molecule has 1 aromatic heterocycles. The third-order valence-corrected chi connectivity index (χ3v) is 7.29. The van der Waals surface area contributed by atoms with Gasteiger partial charge in [-0.1, -0.05) is 32.1 Å². The number of carbonyl (C=O) groups is 1. The molecular weight excluding hydrogens is 454 g/mol. The van der Waals surface area contributed by atoms with Crippen molar-refractivity contribution >= 4 is 22.4 Å². The Labute approximate surface area is 215 Å². The summed E-state index contributed by atoms with van der Waals surface area (Å²) in [5, 5.41) is 1.25. The molecule has 0 unspecified atom stereocenters. The van der Waals surface area contributed by atoms with E-state index in [-0.39, 0.29) is 17.4 Å². The lowest BCUT2D eigenvalue weighted by molar-refractivity contribution is -0.324. The third kappa shape index (κ3) is 5.16. The number of rotatable bonds is 9. The van der Waals surface area contributed by atoms with Crippen molar-refractivity contribution in [2.24, 2.45) is 11.7 Å². The molecule has 2 aliphatic rings. The molecule has 198 valence electrons. The monoisotopic (exact) mass is 497 g/mol. The van der Waals surface area contributed by atoms with Gasteiger partial charge in [-0.25, -0.2) is 10.4 Å². The minimum Gasteiger partial charge on any atom is -0.399 e. The lowest BCUT2D eigenvalue weighted by Crippen LogP contribution is -2.54. The molecule has 1 amide bonds. The van der Waals surface area contributed by atoms with Crippen molar-refractivity contribution in [2.75, 3.05) is 33.3 Å². The highest BCUT2D eigenvalue weighted by molar-refractivity contribution is 6.01. The number of carbonyl (C=O) groups excluding carboxylic acids is 1. The number of aromatic nitrogens is 1. The van der Waals surface area contributed by atoms with E-state index in [2.05, 4.69) is 59.4 Å². The van der Waals surface area contributed by atoms with Crippen LogP contribution in [-0.2, 0) is 27.6 Å². The van der Waals surface area contributed by atoms with Crippen molar-refractivity contribution in [3.05, 3.63) is 53.5 Å². The van der Waals surface area contributed by atoms with Gasteiger partial charge in [0.15, 0.2) is 0 Å². The first-order valence-corrected chi connectivity index (χ1v) is 13.2. The molecule has 2 atom stereocenters. The Morgan fingerprint density at radius 1 is 1.28 bits per heavy atom. The van der Waals surface area contributed by atoms with E-state index >= 15 is 0 Å². The number of allylic oxidation sites excluding steroid dienone is 1. The summed E-state index contributed by atoms with van der Waals surface area (Å²) in [5.41, 5.74) is 14.2. The number of hydrogen-bond acceptors (Lipinski definition) is 6. The van der Waals surface area contributed by atoms with Gasteiger partial charge in [0.1, 0.15) is 0 Å². The first-order chi connectivity index (χ1) is 17.3. The van der Waals surface area contributed by atoms with Gasteiger partial charge < -0.3 is 15.2 Å². The Balaban J connectivity index is 0.00000176. The number of hydrogen-bond donors (Lipinski definition) is 2. The molecule has 0 fully saturated rings. The highest BCUT2D eigenvalue weighted by Crippen LogP contribution is 2.47. The summed E-state index contributed by atoms with van der Waals surface area (Å²) in [6, 6.07) is 6.42. The van der Waals surface area contributed by atoms with Crippen molar-refractivity contribution in [3.8, 4) is 0 Å². The van der Waals surface area contributed by atoms with Crippen LogP contribution in [0, 0.1) is 5.92 Å².